The van der Waals surface area contributed by atoms with Gasteiger partial charge in [0.25, 0.3) is 5.69 Å². The van der Waals surface area contributed by atoms with Crippen molar-refractivity contribution < 1.29 is 13.8 Å². The largest absolute Gasteiger partial charge is 0.467 e. The zero-order chi connectivity index (χ0) is 24.4. The van der Waals surface area contributed by atoms with Crippen LogP contribution in [0.25, 0.3) is 11.5 Å². The van der Waals surface area contributed by atoms with Gasteiger partial charge in [0, 0.05) is 30.8 Å². The van der Waals surface area contributed by atoms with Crippen LogP contribution < -0.4 is 4.90 Å². The molecule has 1 aliphatic rings. The van der Waals surface area contributed by atoms with E-state index in [1.165, 1.54) is 30.3 Å². The first kappa shape index (κ1) is 23.1. The number of thioether (sulfide) groups is 1. The molecule has 0 N–H and O–H groups in total. The van der Waals surface area contributed by atoms with Gasteiger partial charge in [0.1, 0.15) is 5.76 Å². The van der Waals surface area contributed by atoms with E-state index in [2.05, 4.69) is 43.7 Å². The Hall–Kier alpha value is -3.67. The fraction of sp³-hybridized carbons (Fsp3) is 0.391. The van der Waals surface area contributed by atoms with Crippen molar-refractivity contribution in [3.63, 3.8) is 0 Å². The van der Waals surface area contributed by atoms with Crippen LogP contribution in [0.3, 0.4) is 0 Å². The molecule has 1 aliphatic heterocycles. The van der Waals surface area contributed by atoms with Gasteiger partial charge in [-0.3, -0.25) is 14.7 Å². The lowest BCUT2D eigenvalue weighted by atomic mass is 9.92. The van der Waals surface area contributed by atoms with Crippen molar-refractivity contribution in [2.45, 2.75) is 37.7 Å². The third kappa shape index (κ3) is 5.21. The monoisotopic (exact) mass is 495 g/mol. The second kappa shape index (κ2) is 9.90. The summed E-state index contributed by atoms with van der Waals surface area (Å²) in [5.41, 5.74) is 0.629. The number of nitrogens with zero attached hydrogens (tertiary/aromatic N) is 7. The van der Waals surface area contributed by atoms with Gasteiger partial charge in [-0.2, -0.15) is 0 Å². The van der Waals surface area contributed by atoms with E-state index in [0.29, 0.717) is 41.5 Å². The van der Waals surface area contributed by atoms with Crippen LogP contribution in [0.4, 0.5) is 11.6 Å². The molecule has 1 fully saturated rings. The number of benzene rings is 1. The van der Waals surface area contributed by atoms with Crippen molar-refractivity contribution in [3.05, 3.63) is 64.4 Å². The molecule has 3 aromatic heterocycles. The van der Waals surface area contributed by atoms with Crippen molar-refractivity contribution >= 4 is 23.4 Å². The Bertz CT molecular complexity index is 1280. The van der Waals surface area contributed by atoms with Crippen molar-refractivity contribution in [1.82, 2.24) is 25.0 Å². The van der Waals surface area contributed by atoms with Crippen molar-refractivity contribution in [2.75, 3.05) is 18.0 Å². The van der Waals surface area contributed by atoms with Crippen LogP contribution in [0.1, 0.15) is 31.9 Å². The highest BCUT2D eigenvalue weighted by atomic mass is 32.2. The minimum atomic E-state index is -0.446. The highest BCUT2D eigenvalue weighted by molar-refractivity contribution is 7.98. The molecule has 0 aliphatic carbocycles. The molecule has 0 saturated carbocycles. The third-order valence-electron chi connectivity index (χ3n) is 5.86. The predicted octanol–water partition coefficient (Wildman–Crippen LogP) is 4.65. The van der Waals surface area contributed by atoms with Gasteiger partial charge in [0.2, 0.25) is 17.7 Å². The zero-order valence-corrected chi connectivity index (χ0v) is 20.2. The van der Waals surface area contributed by atoms with Gasteiger partial charge in [-0.05, 0) is 42.5 Å². The molecule has 4 heterocycles. The van der Waals surface area contributed by atoms with E-state index in [1.54, 1.807) is 18.4 Å². The van der Waals surface area contributed by atoms with Crippen LogP contribution >= 0.6 is 11.8 Å². The van der Waals surface area contributed by atoms with Crippen molar-refractivity contribution in [2.24, 2.45) is 11.8 Å². The molecule has 11 nitrogen and oxygen atoms in total. The maximum Gasteiger partial charge on any atom is 0.269 e. The quantitative estimate of drug-likeness (QED) is 0.193. The summed E-state index contributed by atoms with van der Waals surface area (Å²) in [5, 5.41) is 28.8. The fourth-order valence-electron chi connectivity index (χ4n) is 4.43. The number of furan rings is 1. The van der Waals surface area contributed by atoms with Gasteiger partial charge in [-0.25, -0.2) is 0 Å². The zero-order valence-electron chi connectivity index (χ0n) is 19.4. The molecule has 2 unspecified atom stereocenters. The van der Waals surface area contributed by atoms with E-state index in [0.717, 1.165) is 30.0 Å². The molecule has 5 rings (SSSR count). The smallest absolute Gasteiger partial charge is 0.269 e. The number of aromatic nitrogens is 5. The van der Waals surface area contributed by atoms with Crippen molar-refractivity contribution in [3.8, 4) is 11.5 Å². The van der Waals surface area contributed by atoms with Gasteiger partial charge in [0.05, 0.1) is 23.5 Å². The summed E-state index contributed by atoms with van der Waals surface area (Å²) < 4.78 is 13.5. The van der Waals surface area contributed by atoms with Gasteiger partial charge in [-0.15, -0.1) is 20.4 Å². The summed E-state index contributed by atoms with van der Waals surface area (Å²) in [6.45, 7) is 6.93. The van der Waals surface area contributed by atoms with E-state index in [4.69, 9.17) is 8.83 Å². The molecule has 0 amide bonds. The molecule has 0 spiro atoms. The lowest BCUT2D eigenvalue weighted by Crippen LogP contribution is -2.40. The number of hydrogen-bond donors (Lipinski definition) is 0. The topological polar surface area (TPSA) is 129 Å². The number of piperidine rings is 1. The summed E-state index contributed by atoms with van der Waals surface area (Å²) in [5.74, 6) is 3.97. The van der Waals surface area contributed by atoms with E-state index >= 15 is 0 Å². The third-order valence-corrected chi connectivity index (χ3v) is 6.81. The molecule has 0 radical (unpaired) electrons. The van der Waals surface area contributed by atoms with Crippen LogP contribution in [0, 0.1) is 22.0 Å². The van der Waals surface area contributed by atoms with Crippen LogP contribution in [0.2, 0.25) is 0 Å². The minimum Gasteiger partial charge on any atom is -0.467 e. The molecule has 182 valence electrons. The summed E-state index contributed by atoms with van der Waals surface area (Å²) in [4.78, 5) is 12.7. The molecular weight excluding hydrogens is 470 g/mol. The average molecular weight is 496 g/mol. The van der Waals surface area contributed by atoms with Gasteiger partial charge in [-0.1, -0.05) is 25.6 Å². The number of nitro groups is 1. The Kier molecular flexibility index (Phi) is 6.53. The molecular formula is C23H25N7O4S. The number of non-ortho nitro benzene ring substituents is 1. The lowest BCUT2D eigenvalue weighted by Gasteiger charge is -2.35. The Morgan fingerprint density at radius 3 is 2.54 bits per heavy atom. The van der Waals surface area contributed by atoms with E-state index in [1.807, 2.05) is 12.1 Å². The Morgan fingerprint density at radius 1 is 1.09 bits per heavy atom. The second-order valence-corrected chi connectivity index (χ2v) is 9.84. The SMILES string of the molecule is CC1CC(C)CN(c2nnc(SCc3nnc(-c4ccc([N+](=O)[O-])cc4)o3)n2Cc2ccco2)C1. The fourth-order valence-corrected chi connectivity index (χ4v) is 5.20. The summed E-state index contributed by atoms with van der Waals surface area (Å²) in [6, 6.07) is 9.82. The molecule has 1 saturated heterocycles. The van der Waals surface area contributed by atoms with Crippen molar-refractivity contribution in [1.29, 1.82) is 0 Å². The number of hydrogen-bond acceptors (Lipinski definition) is 10. The first-order valence-corrected chi connectivity index (χ1v) is 12.4. The lowest BCUT2D eigenvalue weighted by molar-refractivity contribution is -0.384. The molecule has 4 aromatic rings. The van der Waals surface area contributed by atoms with E-state index in [9.17, 15) is 10.1 Å². The van der Waals surface area contributed by atoms with Crippen LogP contribution in [-0.4, -0.2) is 43.0 Å². The first-order valence-electron chi connectivity index (χ1n) is 11.4. The predicted molar refractivity (Wildman–Crippen MR) is 129 cm³/mol. The molecule has 1 aromatic carbocycles. The second-order valence-electron chi connectivity index (χ2n) is 8.89. The number of rotatable bonds is 8. The maximum atomic E-state index is 10.9. The standard InChI is InChI=1S/C23H25N7O4S/c1-15-10-16(2)12-28(11-15)22-26-27-23(29(22)13-19-4-3-9-33-19)35-14-20-24-25-21(34-20)17-5-7-18(8-6-17)30(31)32/h3-9,15-16H,10-14H2,1-2H3. The first-order chi connectivity index (χ1) is 17.0. The molecule has 0 bridgehead atoms. The normalized spacial score (nSPS) is 18.2. The minimum absolute atomic E-state index is 0.00762. The van der Waals surface area contributed by atoms with Gasteiger partial charge in [0.15, 0.2) is 5.16 Å². The summed E-state index contributed by atoms with van der Waals surface area (Å²) >= 11 is 1.46. The van der Waals surface area contributed by atoms with E-state index in [-0.39, 0.29) is 5.69 Å². The van der Waals surface area contributed by atoms with Crippen LogP contribution in [0.5, 0.6) is 0 Å². The molecule has 12 heteroatoms. The number of anilines is 1. The van der Waals surface area contributed by atoms with Gasteiger partial charge < -0.3 is 13.7 Å². The number of nitro benzene ring substituents is 1. The molecule has 35 heavy (non-hydrogen) atoms. The highest BCUT2D eigenvalue weighted by Gasteiger charge is 2.27. The highest BCUT2D eigenvalue weighted by Crippen LogP contribution is 2.30. The maximum absolute atomic E-state index is 10.9. The molecule has 2 atom stereocenters. The van der Waals surface area contributed by atoms with Crippen LogP contribution in [-0.2, 0) is 12.3 Å². The Labute approximate surface area is 205 Å². The summed E-state index contributed by atoms with van der Waals surface area (Å²) in [7, 11) is 0. The average Bonchev–Trinajstić information content (AvgIpc) is 3.59. The van der Waals surface area contributed by atoms with Crippen LogP contribution in [0.15, 0.2) is 56.7 Å². The Morgan fingerprint density at radius 2 is 1.86 bits per heavy atom. The Balaban J connectivity index is 1.34. The van der Waals surface area contributed by atoms with E-state index < -0.39 is 4.92 Å². The summed E-state index contributed by atoms with van der Waals surface area (Å²) in [6.07, 6.45) is 2.87. The van der Waals surface area contributed by atoms with Gasteiger partial charge >= 0.3 is 0 Å².